The summed E-state index contributed by atoms with van der Waals surface area (Å²) in [6.07, 6.45) is 1.25. The maximum Gasteiger partial charge on any atom is 0.336 e. The van der Waals surface area contributed by atoms with Crippen molar-refractivity contribution in [1.82, 2.24) is 5.32 Å². The van der Waals surface area contributed by atoms with Crippen LogP contribution in [0.1, 0.15) is 53.9 Å². The molecule has 9 nitrogen and oxygen atoms in total. The topological polar surface area (TPSA) is 117 Å². The SMILES string of the molecule is COc1ccc([C@H]2CC(=O)C3=C(C2)NC(C)=C(C(=O)OCCc2ccccc2)[C@@H]3c2ccc(C)c([N+](=O)[O-])c2)cc1OC. The second-order valence-corrected chi connectivity index (χ2v) is 10.8. The minimum absolute atomic E-state index is 0.0703. The lowest BCUT2D eigenvalue weighted by Gasteiger charge is -2.36. The number of aryl methyl sites for hydroxylation is 1. The summed E-state index contributed by atoms with van der Waals surface area (Å²) in [4.78, 5) is 39.0. The number of carbonyl (C=O) groups excluding carboxylic acids is 2. The van der Waals surface area contributed by atoms with Gasteiger partial charge in [0, 0.05) is 47.4 Å². The largest absolute Gasteiger partial charge is 0.493 e. The van der Waals surface area contributed by atoms with Crippen LogP contribution in [0.3, 0.4) is 0 Å². The van der Waals surface area contributed by atoms with E-state index in [4.69, 9.17) is 14.2 Å². The molecule has 1 heterocycles. The van der Waals surface area contributed by atoms with Gasteiger partial charge in [0.1, 0.15) is 0 Å². The zero-order chi connectivity index (χ0) is 30.7. The predicted octanol–water partition coefficient (Wildman–Crippen LogP) is 6.07. The number of ether oxygens (including phenoxy) is 3. The summed E-state index contributed by atoms with van der Waals surface area (Å²) in [7, 11) is 3.14. The summed E-state index contributed by atoms with van der Waals surface area (Å²) in [5, 5.41) is 15.2. The van der Waals surface area contributed by atoms with Gasteiger partial charge in [-0.15, -0.1) is 0 Å². The molecule has 0 amide bonds. The fraction of sp³-hybridized carbons (Fsp3) is 0.294. The van der Waals surface area contributed by atoms with E-state index < -0.39 is 16.8 Å². The number of hydrogen-bond donors (Lipinski definition) is 1. The van der Waals surface area contributed by atoms with Crippen LogP contribution in [-0.4, -0.2) is 37.5 Å². The molecule has 43 heavy (non-hydrogen) atoms. The number of nitrogens with zero attached hydrogens (tertiary/aromatic N) is 1. The number of nitro groups is 1. The van der Waals surface area contributed by atoms with Crippen molar-refractivity contribution in [2.75, 3.05) is 20.8 Å². The van der Waals surface area contributed by atoms with Crippen molar-refractivity contribution >= 4 is 17.4 Å². The number of nitrogens with one attached hydrogen (secondary N) is 1. The lowest BCUT2D eigenvalue weighted by atomic mass is 9.71. The zero-order valence-electron chi connectivity index (χ0n) is 24.6. The Morgan fingerprint density at radius 2 is 1.67 bits per heavy atom. The molecule has 0 aromatic heterocycles. The molecule has 2 aliphatic rings. The Morgan fingerprint density at radius 3 is 2.37 bits per heavy atom. The maximum atomic E-state index is 14.0. The van der Waals surface area contributed by atoms with Crippen molar-refractivity contribution < 1.29 is 28.7 Å². The number of carbonyl (C=O) groups is 2. The highest BCUT2D eigenvalue weighted by molar-refractivity contribution is 6.04. The third-order valence-corrected chi connectivity index (χ3v) is 8.16. The van der Waals surface area contributed by atoms with E-state index in [1.165, 1.54) is 6.07 Å². The molecule has 2 atom stereocenters. The Kier molecular flexibility index (Phi) is 8.61. The number of Topliss-reactive ketones (excluding diaryl/α,β-unsaturated/α-hetero) is 1. The van der Waals surface area contributed by atoms with E-state index in [1.807, 2.05) is 48.5 Å². The predicted molar refractivity (Wildman–Crippen MR) is 161 cm³/mol. The van der Waals surface area contributed by atoms with E-state index in [1.54, 1.807) is 40.2 Å². The van der Waals surface area contributed by atoms with Crippen LogP contribution in [0.4, 0.5) is 5.69 Å². The summed E-state index contributed by atoms with van der Waals surface area (Å²) in [6, 6.07) is 20.2. The van der Waals surface area contributed by atoms with Crippen LogP contribution in [0.25, 0.3) is 0 Å². The third-order valence-electron chi connectivity index (χ3n) is 8.16. The number of benzene rings is 3. The molecule has 3 aromatic rings. The third kappa shape index (κ3) is 6.02. The van der Waals surface area contributed by atoms with Crippen molar-refractivity contribution in [3.05, 3.63) is 122 Å². The first-order chi connectivity index (χ1) is 20.7. The van der Waals surface area contributed by atoms with E-state index in [-0.39, 0.29) is 36.0 Å². The summed E-state index contributed by atoms with van der Waals surface area (Å²) in [5.74, 6) is -0.471. The van der Waals surface area contributed by atoms with Gasteiger partial charge in [-0.05, 0) is 55.0 Å². The quantitative estimate of drug-likeness (QED) is 0.184. The van der Waals surface area contributed by atoms with E-state index in [0.717, 1.165) is 11.1 Å². The Balaban J connectivity index is 1.52. The van der Waals surface area contributed by atoms with Gasteiger partial charge in [0.25, 0.3) is 5.69 Å². The first-order valence-electron chi connectivity index (χ1n) is 14.1. The number of dihydropyridines is 1. The second-order valence-electron chi connectivity index (χ2n) is 10.8. The van der Waals surface area contributed by atoms with Crippen LogP contribution < -0.4 is 14.8 Å². The maximum absolute atomic E-state index is 14.0. The van der Waals surface area contributed by atoms with Gasteiger partial charge in [-0.1, -0.05) is 48.5 Å². The molecule has 1 aliphatic heterocycles. The van der Waals surface area contributed by atoms with E-state index in [0.29, 0.717) is 52.4 Å². The monoisotopic (exact) mass is 582 g/mol. The number of allylic oxidation sites excluding steroid dienone is 3. The molecule has 0 unspecified atom stereocenters. The van der Waals surface area contributed by atoms with Crippen LogP contribution in [0.15, 0.2) is 89.3 Å². The molecule has 222 valence electrons. The van der Waals surface area contributed by atoms with Crippen molar-refractivity contribution in [2.24, 2.45) is 0 Å². The molecule has 0 bridgehead atoms. The molecule has 0 fully saturated rings. The van der Waals surface area contributed by atoms with Gasteiger partial charge in [0.2, 0.25) is 0 Å². The van der Waals surface area contributed by atoms with Crippen LogP contribution in [0, 0.1) is 17.0 Å². The minimum atomic E-state index is -0.807. The standard InChI is InChI=1S/C34H34N2O7/c1-20-10-11-24(17-27(20)36(39)40)32-31(34(38)43-15-14-22-8-6-5-7-9-22)21(2)35-26-16-25(18-28(37)33(26)32)23-12-13-29(41-3)30(19-23)42-4/h5-13,17,19,25,32,35H,14-16,18H2,1-4H3/t25-,32+/m1/s1. The van der Waals surface area contributed by atoms with Gasteiger partial charge in [-0.25, -0.2) is 4.79 Å². The highest BCUT2D eigenvalue weighted by Gasteiger charge is 2.42. The lowest BCUT2D eigenvalue weighted by Crippen LogP contribution is -2.36. The van der Waals surface area contributed by atoms with Crippen LogP contribution >= 0.6 is 0 Å². The number of methoxy groups -OCH3 is 2. The number of ketones is 1. The number of rotatable bonds is 9. The fourth-order valence-electron chi connectivity index (χ4n) is 5.97. The molecule has 0 saturated heterocycles. The van der Waals surface area contributed by atoms with E-state index >= 15 is 0 Å². The molecule has 0 saturated carbocycles. The molecule has 1 aliphatic carbocycles. The normalized spacial score (nSPS) is 18.1. The van der Waals surface area contributed by atoms with Crippen LogP contribution in [0.2, 0.25) is 0 Å². The average Bonchev–Trinajstić information content (AvgIpc) is 3.00. The molecule has 1 N–H and O–H groups in total. The molecule has 9 heteroatoms. The zero-order valence-corrected chi connectivity index (χ0v) is 24.6. The van der Waals surface area contributed by atoms with Gasteiger partial charge in [-0.2, -0.15) is 0 Å². The Labute approximate surface area is 250 Å². The Morgan fingerprint density at radius 1 is 0.953 bits per heavy atom. The van der Waals surface area contributed by atoms with E-state index in [2.05, 4.69) is 5.32 Å². The van der Waals surface area contributed by atoms with Gasteiger partial charge in [0.05, 0.1) is 31.3 Å². The molecular weight excluding hydrogens is 548 g/mol. The summed E-state index contributed by atoms with van der Waals surface area (Å²) in [6.45, 7) is 3.59. The van der Waals surface area contributed by atoms with Crippen molar-refractivity contribution in [1.29, 1.82) is 0 Å². The van der Waals surface area contributed by atoms with Crippen molar-refractivity contribution in [2.45, 2.75) is 44.9 Å². The minimum Gasteiger partial charge on any atom is -0.493 e. The lowest BCUT2D eigenvalue weighted by molar-refractivity contribution is -0.385. The van der Waals surface area contributed by atoms with Gasteiger partial charge in [-0.3, -0.25) is 14.9 Å². The molecule has 3 aromatic carbocycles. The Hall–Kier alpha value is -4.92. The first-order valence-corrected chi connectivity index (χ1v) is 14.1. The van der Waals surface area contributed by atoms with Crippen molar-refractivity contribution in [3.63, 3.8) is 0 Å². The number of nitro benzene ring substituents is 1. The molecule has 5 rings (SSSR count). The van der Waals surface area contributed by atoms with Gasteiger partial charge in [0.15, 0.2) is 17.3 Å². The Bertz CT molecular complexity index is 1640. The number of hydrogen-bond acceptors (Lipinski definition) is 8. The fourth-order valence-corrected chi connectivity index (χ4v) is 5.97. The summed E-state index contributed by atoms with van der Waals surface area (Å²) >= 11 is 0. The van der Waals surface area contributed by atoms with E-state index in [9.17, 15) is 19.7 Å². The molecule has 0 radical (unpaired) electrons. The average molecular weight is 583 g/mol. The smallest absolute Gasteiger partial charge is 0.336 e. The molecular formula is C34H34N2O7. The highest BCUT2D eigenvalue weighted by atomic mass is 16.6. The number of esters is 1. The highest BCUT2D eigenvalue weighted by Crippen LogP contribution is 2.47. The second kappa shape index (κ2) is 12.5. The molecule has 0 spiro atoms. The van der Waals surface area contributed by atoms with Crippen LogP contribution in [-0.2, 0) is 20.7 Å². The van der Waals surface area contributed by atoms with Gasteiger partial charge >= 0.3 is 5.97 Å². The van der Waals surface area contributed by atoms with Crippen molar-refractivity contribution in [3.8, 4) is 11.5 Å². The first kappa shape index (κ1) is 29.6. The summed E-state index contributed by atoms with van der Waals surface area (Å²) in [5.41, 5.74) is 4.85. The summed E-state index contributed by atoms with van der Waals surface area (Å²) < 4.78 is 16.6. The van der Waals surface area contributed by atoms with Crippen LogP contribution in [0.5, 0.6) is 11.5 Å². The van der Waals surface area contributed by atoms with Gasteiger partial charge < -0.3 is 19.5 Å².